The molecule has 0 spiro atoms. The predicted octanol–water partition coefficient (Wildman–Crippen LogP) is 4.65. The SMILES string of the molecule is CCCCCCCc1ccc(C)cc1F. The topological polar surface area (TPSA) is 0 Å². The Hall–Kier alpha value is -0.850. The van der Waals surface area contributed by atoms with Crippen LogP contribution in [0.15, 0.2) is 18.2 Å². The summed E-state index contributed by atoms with van der Waals surface area (Å²) < 4.78 is 13.4. The third-order valence-electron chi connectivity index (χ3n) is 2.76. The fourth-order valence-electron chi connectivity index (χ4n) is 1.77. The molecule has 0 radical (unpaired) electrons. The van der Waals surface area contributed by atoms with Crippen molar-refractivity contribution < 1.29 is 4.39 Å². The maximum absolute atomic E-state index is 13.4. The molecular weight excluding hydrogens is 187 g/mol. The van der Waals surface area contributed by atoms with Crippen molar-refractivity contribution in [2.75, 3.05) is 0 Å². The molecule has 0 nitrogen and oxygen atoms in total. The summed E-state index contributed by atoms with van der Waals surface area (Å²) in [6, 6.07) is 5.54. The van der Waals surface area contributed by atoms with E-state index in [9.17, 15) is 4.39 Å². The molecule has 0 N–H and O–H groups in total. The van der Waals surface area contributed by atoms with E-state index in [2.05, 4.69) is 6.92 Å². The van der Waals surface area contributed by atoms with Gasteiger partial charge < -0.3 is 0 Å². The van der Waals surface area contributed by atoms with Crippen LogP contribution in [0.1, 0.15) is 50.2 Å². The lowest BCUT2D eigenvalue weighted by atomic mass is 10.0. The van der Waals surface area contributed by atoms with E-state index >= 15 is 0 Å². The molecule has 1 aromatic carbocycles. The number of benzene rings is 1. The average molecular weight is 208 g/mol. The lowest BCUT2D eigenvalue weighted by Crippen LogP contribution is -1.91. The summed E-state index contributed by atoms with van der Waals surface area (Å²) in [5.74, 6) is -0.0366. The van der Waals surface area contributed by atoms with E-state index in [4.69, 9.17) is 0 Å². The number of hydrogen-bond donors (Lipinski definition) is 0. The summed E-state index contributed by atoms with van der Waals surface area (Å²) >= 11 is 0. The number of aryl methyl sites for hydroxylation is 2. The molecule has 1 rings (SSSR count). The first-order valence-corrected chi connectivity index (χ1v) is 5.99. The van der Waals surface area contributed by atoms with Crippen molar-refractivity contribution in [1.29, 1.82) is 0 Å². The van der Waals surface area contributed by atoms with Gasteiger partial charge in [0.25, 0.3) is 0 Å². The van der Waals surface area contributed by atoms with Gasteiger partial charge in [0, 0.05) is 0 Å². The molecule has 15 heavy (non-hydrogen) atoms. The Labute approximate surface area is 92.5 Å². The average Bonchev–Trinajstić information content (AvgIpc) is 2.20. The molecule has 0 unspecified atom stereocenters. The monoisotopic (exact) mass is 208 g/mol. The largest absolute Gasteiger partial charge is 0.207 e. The molecule has 0 saturated carbocycles. The summed E-state index contributed by atoms with van der Waals surface area (Å²) in [7, 11) is 0. The molecule has 0 heterocycles. The number of rotatable bonds is 6. The summed E-state index contributed by atoms with van der Waals surface area (Å²) in [6.07, 6.45) is 7.07. The molecule has 1 heteroatoms. The lowest BCUT2D eigenvalue weighted by Gasteiger charge is -2.04. The molecule has 0 saturated heterocycles. The molecule has 0 aromatic heterocycles. The smallest absolute Gasteiger partial charge is 0.126 e. The van der Waals surface area contributed by atoms with Gasteiger partial charge in [0.1, 0.15) is 5.82 Å². The van der Waals surface area contributed by atoms with Gasteiger partial charge in [-0.05, 0) is 37.0 Å². The first-order chi connectivity index (χ1) is 7.24. The minimum Gasteiger partial charge on any atom is -0.207 e. The van der Waals surface area contributed by atoms with Crippen molar-refractivity contribution in [3.05, 3.63) is 35.1 Å². The first kappa shape index (κ1) is 12.2. The van der Waals surface area contributed by atoms with Crippen molar-refractivity contribution in [1.82, 2.24) is 0 Å². The van der Waals surface area contributed by atoms with Crippen molar-refractivity contribution in [3.8, 4) is 0 Å². The molecule has 0 aliphatic rings. The van der Waals surface area contributed by atoms with Gasteiger partial charge >= 0.3 is 0 Å². The Morgan fingerprint density at radius 1 is 1.07 bits per heavy atom. The van der Waals surface area contributed by atoms with E-state index in [0.717, 1.165) is 24.0 Å². The molecule has 1 aromatic rings. The number of hydrogen-bond acceptors (Lipinski definition) is 0. The molecular formula is C14H21F. The maximum atomic E-state index is 13.4. The van der Waals surface area contributed by atoms with Crippen LogP contribution in [-0.2, 0) is 6.42 Å². The van der Waals surface area contributed by atoms with Crippen LogP contribution in [0.25, 0.3) is 0 Å². The third-order valence-corrected chi connectivity index (χ3v) is 2.76. The van der Waals surface area contributed by atoms with Crippen LogP contribution in [-0.4, -0.2) is 0 Å². The maximum Gasteiger partial charge on any atom is 0.126 e. The van der Waals surface area contributed by atoms with Crippen LogP contribution in [0.3, 0.4) is 0 Å². The second kappa shape index (κ2) is 6.60. The van der Waals surface area contributed by atoms with Gasteiger partial charge in [0.2, 0.25) is 0 Å². The molecule has 0 amide bonds. The van der Waals surface area contributed by atoms with Crippen LogP contribution < -0.4 is 0 Å². The van der Waals surface area contributed by atoms with Crippen molar-refractivity contribution in [2.24, 2.45) is 0 Å². The molecule has 84 valence electrons. The quantitative estimate of drug-likeness (QED) is 0.597. The van der Waals surface area contributed by atoms with Crippen molar-refractivity contribution >= 4 is 0 Å². The molecule has 0 atom stereocenters. The Bertz CT molecular complexity index is 291. The number of unbranched alkanes of at least 4 members (excludes halogenated alkanes) is 4. The van der Waals surface area contributed by atoms with Crippen LogP contribution in [0.5, 0.6) is 0 Å². The second-order valence-electron chi connectivity index (χ2n) is 4.26. The van der Waals surface area contributed by atoms with Gasteiger partial charge in [-0.2, -0.15) is 0 Å². The summed E-state index contributed by atoms with van der Waals surface area (Å²) in [6.45, 7) is 4.13. The van der Waals surface area contributed by atoms with Crippen LogP contribution in [0.4, 0.5) is 4.39 Å². The van der Waals surface area contributed by atoms with E-state index < -0.39 is 0 Å². The van der Waals surface area contributed by atoms with Crippen LogP contribution in [0.2, 0.25) is 0 Å². The minimum absolute atomic E-state index is 0.0366. The van der Waals surface area contributed by atoms with E-state index in [1.807, 2.05) is 19.1 Å². The summed E-state index contributed by atoms with van der Waals surface area (Å²) in [4.78, 5) is 0. The highest BCUT2D eigenvalue weighted by atomic mass is 19.1. The summed E-state index contributed by atoms with van der Waals surface area (Å²) in [5, 5.41) is 0. The van der Waals surface area contributed by atoms with E-state index in [1.165, 1.54) is 25.7 Å². The van der Waals surface area contributed by atoms with E-state index in [0.29, 0.717) is 0 Å². The zero-order chi connectivity index (χ0) is 11.1. The standard InChI is InChI=1S/C14H21F/c1-3-4-5-6-7-8-13-10-9-12(2)11-14(13)15/h9-11H,3-8H2,1-2H3. The Morgan fingerprint density at radius 2 is 1.80 bits per heavy atom. The number of halogens is 1. The fourth-order valence-corrected chi connectivity index (χ4v) is 1.77. The van der Waals surface area contributed by atoms with Gasteiger partial charge in [-0.1, -0.05) is 44.7 Å². The highest BCUT2D eigenvalue weighted by molar-refractivity contribution is 5.23. The summed E-state index contributed by atoms with van der Waals surface area (Å²) in [5.41, 5.74) is 1.87. The molecule has 0 aliphatic carbocycles. The van der Waals surface area contributed by atoms with E-state index in [1.54, 1.807) is 6.07 Å². The van der Waals surface area contributed by atoms with Gasteiger partial charge in [-0.3, -0.25) is 0 Å². The van der Waals surface area contributed by atoms with Crippen molar-refractivity contribution in [2.45, 2.75) is 52.4 Å². The normalized spacial score (nSPS) is 10.6. The van der Waals surface area contributed by atoms with Crippen molar-refractivity contribution in [3.63, 3.8) is 0 Å². The van der Waals surface area contributed by atoms with Gasteiger partial charge in [0.05, 0.1) is 0 Å². The lowest BCUT2D eigenvalue weighted by molar-refractivity contribution is 0.587. The fraction of sp³-hybridized carbons (Fsp3) is 0.571. The predicted molar refractivity (Wildman–Crippen MR) is 63.6 cm³/mol. The second-order valence-corrected chi connectivity index (χ2v) is 4.26. The Morgan fingerprint density at radius 3 is 2.47 bits per heavy atom. The first-order valence-electron chi connectivity index (χ1n) is 5.99. The van der Waals surface area contributed by atoms with Gasteiger partial charge in [-0.15, -0.1) is 0 Å². The van der Waals surface area contributed by atoms with Gasteiger partial charge in [-0.25, -0.2) is 4.39 Å². The Balaban J connectivity index is 2.31. The molecule has 0 aliphatic heterocycles. The highest BCUT2D eigenvalue weighted by Gasteiger charge is 2.01. The zero-order valence-corrected chi connectivity index (χ0v) is 9.85. The van der Waals surface area contributed by atoms with Gasteiger partial charge in [0.15, 0.2) is 0 Å². The van der Waals surface area contributed by atoms with Crippen LogP contribution >= 0.6 is 0 Å². The third kappa shape index (κ3) is 4.46. The Kier molecular flexibility index (Phi) is 5.38. The molecule has 0 fully saturated rings. The molecule has 0 bridgehead atoms. The highest BCUT2D eigenvalue weighted by Crippen LogP contribution is 2.14. The zero-order valence-electron chi connectivity index (χ0n) is 9.85. The minimum atomic E-state index is -0.0366. The van der Waals surface area contributed by atoms with E-state index in [-0.39, 0.29) is 5.82 Å². The van der Waals surface area contributed by atoms with Crippen LogP contribution in [0, 0.1) is 12.7 Å².